The molecule has 3 heterocycles. The molecule has 0 aliphatic carbocycles. The van der Waals surface area contributed by atoms with Gasteiger partial charge in [-0.25, -0.2) is 9.78 Å². The lowest BCUT2D eigenvalue weighted by molar-refractivity contribution is 0.0601. The zero-order valence-corrected chi connectivity index (χ0v) is 16.7. The van der Waals surface area contributed by atoms with Crippen molar-refractivity contribution in [3.05, 3.63) is 76.2 Å². The molecule has 0 saturated heterocycles. The number of thioether (sulfide) groups is 1. The minimum absolute atomic E-state index is 0.198. The molecule has 0 unspecified atom stereocenters. The number of rotatable bonds is 6. The van der Waals surface area contributed by atoms with Gasteiger partial charge in [-0.05, 0) is 30.3 Å². The second-order valence-electron chi connectivity index (χ2n) is 6.40. The Bertz CT molecular complexity index is 1230. The van der Waals surface area contributed by atoms with Gasteiger partial charge in [-0.1, -0.05) is 11.8 Å². The zero-order chi connectivity index (χ0) is 20.4. The van der Waals surface area contributed by atoms with Gasteiger partial charge in [0.2, 0.25) is 0 Å². The summed E-state index contributed by atoms with van der Waals surface area (Å²) < 4.78 is 13.5. The van der Waals surface area contributed by atoms with Crippen molar-refractivity contribution in [1.29, 1.82) is 0 Å². The van der Waals surface area contributed by atoms with Crippen LogP contribution >= 0.6 is 11.8 Å². The maximum atomic E-state index is 13.2. The van der Waals surface area contributed by atoms with Gasteiger partial charge in [0.15, 0.2) is 5.16 Å². The number of aromatic nitrogens is 4. The van der Waals surface area contributed by atoms with Crippen LogP contribution in [0.4, 0.5) is 0 Å². The molecule has 0 spiro atoms. The summed E-state index contributed by atoms with van der Waals surface area (Å²) in [6, 6.07) is 8.34. The first-order valence-electron chi connectivity index (χ1n) is 8.81. The van der Waals surface area contributed by atoms with Crippen LogP contribution in [0.1, 0.15) is 21.7 Å². The summed E-state index contributed by atoms with van der Waals surface area (Å²) in [7, 11) is 3.17. The highest BCUT2D eigenvalue weighted by Crippen LogP contribution is 2.23. The van der Waals surface area contributed by atoms with Gasteiger partial charge < -0.3 is 9.15 Å². The van der Waals surface area contributed by atoms with Crippen LogP contribution in [0, 0.1) is 0 Å². The molecule has 0 saturated carbocycles. The standard InChI is InChI=1S/C20H18N4O4S/c1-23-10-13(9-21-23)12-29-20-22-17-8-14(19(26)27-2)5-6-16(17)18(25)24(20)11-15-4-3-7-28-15/h3-10H,11-12H2,1-2H3. The highest BCUT2D eigenvalue weighted by atomic mass is 32.2. The quantitative estimate of drug-likeness (QED) is 0.274. The molecule has 9 heteroatoms. The smallest absolute Gasteiger partial charge is 0.337 e. The second kappa shape index (κ2) is 7.96. The Balaban J connectivity index is 1.79. The van der Waals surface area contributed by atoms with Gasteiger partial charge in [-0.2, -0.15) is 5.10 Å². The van der Waals surface area contributed by atoms with Crippen molar-refractivity contribution in [3.63, 3.8) is 0 Å². The fourth-order valence-electron chi connectivity index (χ4n) is 2.95. The van der Waals surface area contributed by atoms with Gasteiger partial charge >= 0.3 is 5.97 Å². The predicted molar refractivity (Wildman–Crippen MR) is 108 cm³/mol. The number of carbonyl (C=O) groups excluding carboxylic acids is 1. The minimum atomic E-state index is -0.474. The van der Waals surface area contributed by atoms with Crippen LogP contribution in [0.2, 0.25) is 0 Å². The Morgan fingerprint density at radius 1 is 1.31 bits per heavy atom. The van der Waals surface area contributed by atoms with E-state index in [-0.39, 0.29) is 12.1 Å². The number of carbonyl (C=O) groups is 1. The number of methoxy groups -OCH3 is 1. The summed E-state index contributed by atoms with van der Waals surface area (Å²) in [4.78, 5) is 29.7. The lowest BCUT2D eigenvalue weighted by Gasteiger charge is -2.12. The summed E-state index contributed by atoms with van der Waals surface area (Å²) in [5, 5.41) is 5.13. The molecule has 0 atom stereocenters. The third-order valence-corrected chi connectivity index (χ3v) is 5.41. The van der Waals surface area contributed by atoms with Crippen LogP contribution < -0.4 is 5.56 Å². The maximum Gasteiger partial charge on any atom is 0.337 e. The van der Waals surface area contributed by atoms with Crippen molar-refractivity contribution in [2.24, 2.45) is 7.05 Å². The van der Waals surface area contributed by atoms with Crippen molar-refractivity contribution >= 4 is 28.6 Å². The summed E-state index contributed by atoms with van der Waals surface area (Å²) in [5.74, 6) is 0.779. The largest absolute Gasteiger partial charge is 0.467 e. The van der Waals surface area contributed by atoms with Crippen LogP contribution in [-0.2, 0) is 24.1 Å². The Hall–Kier alpha value is -3.33. The van der Waals surface area contributed by atoms with E-state index in [0.29, 0.717) is 33.1 Å². The van der Waals surface area contributed by atoms with Crippen molar-refractivity contribution in [1.82, 2.24) is 19.3 Å². The van der Waals surface area contributed by atoms with Crippen molar-refractivity contribution in [2.75, 3.05) is 7.11 Å². The van der Waals surface area contributed by atoms with Crippen LogP contribution in [-0.4, -0.2) is 32.4 Å². The molecular weight excluding hydrogens is 392 g/mol. The number of nitrogens with zero attached hydrogens (tertiary/aromatic N) is 4. The molecule has 1 aromatic carbocycles. The van der Waals surface area contributed by atoms with E-state index in [0.717, 1.165) is 5.56 Å². The Labute approximate surface area is 170 Å². The fourth-order valence-corrected chi connectivity index (χ4v) is 3.86. The first kappa shape index (κ1) is 19.0. The molecule has 29 heavy (non-hydrogen) atoms. The number of furan rings is 1. The zero-order valence-electron chi connectivity index (χ0n) is 15.9. The van der Waals surface area contributed by atoms with Gasteiger partial charge in [0.05, 0.1) is 42.6 Å². The summed E-state index contributed by atoms with van der Waals surface area (Å²) >= 11 is 1.43. The van der Waals surface area contributed by atoms with E-state index in [1.54, 1.807) is 46.0 Å². The molecule has 0 fully saturated rings. The van der Waals surface area contributed by atoms with E-state index in [1.165, 1.54) is 18.9 Å². The van der Waals surface area contributed by atoms with E-state index in [9.17, 15) is 9.59 Å². The number of fused-ring (bicyclic) bond motifs is 1. The van der Waals surface area contributed by atoms with E-state index >= 15 is 0 Å². The number of aryl methyl sites for hydroxylation is 1. The average molecular weight is 410 g/mol. The number of esters is 1. The first-order valence-corrected chi connectivity index (χ1v) is 9.79. The lowest BCUT2D eigenvalue weighted by Crippen LogP contribution is -2.24. The minimum Gasteiger partial charge on any atom is -0.467 e. The highest BCUT2D eigenvalue weighted by molar-refractivity contribution is 7.98. The average Bonchev–Trinajstić information content (AvgIpc) is 3.39. The van der Waals surface area contributed by atoms with Crippen molar-refractivity contribution in [3.8, 4) is 0 Å². The van der Waals surface area contributed by atoms with Gasteiger partial charge in [-0.3, -0.25) is 14.0 Å². The second-order valence-corrected chi connectivity index (χ2v) is 7.34. The molecule has 0 radical (unpaired) electrons. The first-order chi connectivity index (χ1) is 14.0. The maximum absolute atomic E-state index is 13.2. The fraction of sp³-hybridized carbons (Fsp3) is 0.200. The van der Waals surface area contributed by atoms with Crippen molar-refractivity contribution in [2.45, 2.75) is 17.5 Å². The van der Waals surface area contributed by atoms with E-state index in [4.69, 9.17) is 9.15 Å². The van der Waals surface area contributed by atoms with Gasteiger partial charge in [0.25, 0.3) is 5.56 Å². The number of hydrogen-bond donors (Lipinski definition) is 0. The number of hydrogen-bond acceptors (Lipinski definition) is 7. The Morgan fingerprint density at radius 2 is 2.17 bits per heavy atom. The van der Waals surface area contributed by atoms with E-state index in [1.807, 2.05) is 19.3 Å². The third kappa shape index (κ3) is 3.95. The molecule has 8 nitrogen and oxygen atoms in total. The summed E-state index contributed by atoms with van der Waals surface area (Å²) in [6.07, 6.45) is 5.26. The lowest BCUT2D eigenvalue weighted by atomic mass is 10.1. The van der Waals surface area contributed by atoms with Gasteiger partial charge in [0.1, 0.15) is 5.76 Å². The topological polar surface area (TPSA) is 92.2 Å². The molecule has 0 amide bonds. The molecule has 3 aromatic heterocycles. The molecular formula is C20H18N4O4S. The van der Waals surface area contributed by atoms with Crippen LogP contribution in [0.3, 0.4) is 0 Å². The molecule has 0 bridgehead atoms. The summed E-state index contributed by atoms with van der Waals surface area (Å²) in [6.45, 7) is 0.267. The van der Waals surface area contributed by atoms with E-state index < -0.39 is 5.97 Å². The number of benzene rings is 1. The number of ether oxygens (including phenoxy) is 1. The third-order valence-electron chi connectivity index (χ3n) is 4.36. The van der Waals surface area contributed by atoms with Crippen molar-refractivity contribution < 1.29 is 13.9 Å². The highest BCUT2D eigenvalue weighted by Gasteiger charge is 2.16. The summed E-state index contributed by atoms with van der Waals surface area (Å²) in [5.41, 5.74) is 1.61. The predicted octanol–water partition coefficient (Wildman–Crippen LogP) is 2.85. The molecule has 0 aliphatic heterocycles. The molecule has 4 rings (SSSR count). The molecule has 4 aromatic rings. The SMILES string of the molecule is COC(=O)c1ccc2c(=O)n(Cc3ccco3)c(SCc3cnn(C)c3)nc2c1. The monoisotopic (exact) mass is 410 g/mol. The van der Waals surface area contributed by atoms with Gasteiger partial charge in [-0.15, -0.1) is 0 Å². The Kier molecular flexibility index (Phi) is 5.22. The van der Waals surface area contributed by atoms with Gasteiger partial charge in [0, 0.05) is 24.6 Å². The normalized spacial score (nSPS) is 11.1. The van der Waals surface area contributed by atoms with E-state index in [2.05, 4.69) is 10.1 Å². The van der Waals surface area contributed by atoms with Crippen LogP contribution in [0.5, 0.6) is 0 Å². The molecule has 0 N–H and O–H groups in total. The molecule has 148 valence electrons. The Morgan fingerprint density at radius 3 is 2.86 bits per heavy atom. The molecule has 0 aliphatic rings. The van der Waals surface area contributed by atoms with Crippen LogP contribution in [0.15, 0.2) is 63.4 Å². The van der Waals surface area contributed by atoms with Crippen LogP contribution in [0.25, 0.3) is 10.9 Å².